The van der Waals surface area contributed by atoms with Crippen molar-refractivity contribution in [2.45, 2.75) is 26.4 Å². The quantitative estimate of drug-likeness (QED) is 0.816. The molecule has 0 radical (unpaired) electrons. The van der Waals surface area contributed by atoms with Crippen LogP contribution in [0.4, 0.5) is 0 Å². The summed E-state index contributed by atoms with van der Waals surface area (Å²) in [6, 6.07) is 0. The zero-order chi connectivity index (χ0) is 10.6. The normalized spacial score (nSPS) is 15.4. The summed E-state index contributed by atoms with van der Waals surface area (Å²) in [7, 11) is 1.69. The Labute approximate surface area is 89.5 Å². The molecule has 1 N–H and O–H groups in total. The van der Waals surface area contributed by atoms with E-state index < -0.39 is 0 Å². The van der Waals surface area contributed by atoms with Gasteiger partial charge >= 0.3 is 0 Å². The largest absolute Gasteiger partial charge is 0.388 e. The Bertz CT molecular complexity index is 270. The van der Waals surface area contributed by atoms with Gasteiger partial charge in [0.2, 0.25) is 0 Å². The lowest BCUT2D eigenvalue weighted by Crippen LogP contribution is -2.11. The van der Waals surface area contributed by atoms with Crippen molar-refractivity contribution in [1.29, 1.82) is 0 Å². The van der Waals surface area contributed by atoms with Crippen molar-refractivity contribution in [2.75, 3.05) is 13.7 Å². The smallest absolute Gasteiger partial charge is 0.0826 e. The first-order valence-electron chi connectivity index (χ1n) is 4.86. The van der Waals surface area contributed by atoms with E-state index in [-0.39, 0.29) is 12.0 Å². The van der Waals surface area contributed by atoms with Gasteiger partial charge in [0.15, 0.2) is 0 Å². The zero-order valence-electron chi connectivity index (χ0n) is 8.99. The summed E-state index contributed by atoms with van der Waals surface area (Å²) in [5.41, 5.74) is 2.25. The molecule has 0 aliphatic heterocycles. The first-order chi connectivity index (χ1) is 6.66. The summed E-state index contributed by atoms with van der Waals surface area (Å²) in [5.74, 6) is 0.253. The summed E-state index contributed by atoms with van der Waals surface area (Å²) in [6.45, 7) is 4.81. The fraction of sp³-hybridized carbons (Fsp3) is 0.636. The van der Waals surface area contributed by atoms with E-state index in [1.54, 1.807) is 18.4 Å². The monoisotopic (exact) mass is 214 g/mol. The Hall–Kier alpha value is -0.380. The number of thiophene rings is 1. The van der Waals surface area contributed by atoms with Gasteiger partial charge in [-0.05, 0) is 41.1 Å². The second-order valence-corrected chi connectivity index (χ2v) is 4.46. The third-order valence-corrected chi connectivity index (χ3v) is 3.41. The molecule has 80 valence electrons. The van der Waals surface area contributed by atoms with E-state index in [0.717, 1.165) is 12.0 Å². The second kappa shape index (κ2) is 5.49. The van der Waals surface area contributed by atoms with Crippen LogP contribution in [0.2, 0.25) is 0 Å². The maximum absolute atomic E-state index is 10.0. The lowest BCUT2D eigenvalue weighted by Gasteiger charge is -2.18. The molecule has 0 saturated heterocycles. The second-order valence-electron chi connectivity index (χ2n) is 3.71. The lowest BCUT2D eigenvalue weighted by molar-refractivity contribution is 0.0885. The van der Waals surface area contributed by atoms with Crippen LogP contribution in [0.15, 0.2) is 10.8 Å². The van der Waals surface area contributed by atoms with Gasteiger partial charge < -0.3 is 9.84 Å². The van der Waals surface area contributed by atoms with Crippen molar-refractivity contribution in [2.24, 2.45) is 5.92 Å². The molecule has 14 heavy (non-hydrogen) atoms. The molecule has 1 heterocycles. The van der Waals surface area contributed by atoms with Crippen LogP contribution in [0, 0.1) is 12.8 Å². The number of aliphatic hydroxyl groups is 1. The fourth-order valence-electron chi connectivity index (χ4n) is 1.44. The molecular weight excluding hydrogens is 196 g/mol. The van der Waals surface area contributed by atoms with Crippen molar-refractivity contribution >= 4 is 11.3 Å². The molecule has 2 nitrogen and oxygen atoms in total. The molecule has 1 aromatic heterocycles. The highest BCUT2D eigenvalue weighted by Gasteiger charge is 2.18. The standard InChI is InChI=1S/C11H18O2S/c1-8(4-5-13-3)11(12)10-7-14-6-9(10)2/h6-8,11-12H,4-5H2,1-3H3. The summed E-state index contributed by atoms with van der Waals surface area (Å²) in [6.07, 6.45) is 0.545. The summed E-state index contributed by atoms with van der Waals surface area (Å²) < 4.78 is 5.00. The van der Waals surface area contributed by atoms with Crippen molar-refractivity contribution in [1.82, 2.24) is 0 Å². The van der Waals surface area contributed by atoms with Crippen molar-refractivity contribution in [3.63, 3.8) is 0 Å². The molecule has 2 unspecified atom stereocenters. The van der Waals surface area contributed by atoms with Crippen molar-refractivity contribution < 1.29 is 9.84 Å². The highest BCUT2D eigenvalue weighted by molar-refractivity contribution is 7.08. The highest BCUT2D eigenvalue weighted by Crippen LogP contribution is 2.28. The van der Waals surface area contributed by atoms with Gasteiger partial charge in [0.25, 0.3) is 0 Å². The SMILES string of the molecule is COCCC(C)C(O)c1cscc1C. The molecule has 0 fully saturated rings. The molecule has 0 aliphatic rings. The molecule has 0 spiro atoms. The molecule has 0 bridgehead atoms. The number of aliphatic hydroxyl groups excluding tert-OH is 1. The van der Waals surface area contributed by atoms with Crippen LogP contribution in [0.25, 0.3) is 0 Å². The molecule has 1 aromatic rings. The van der Waals surface area contributed by atoms with Crippen LogP contribution >= 0.6 is 11.3 Å². The van der Waals surface area contributed by atoms with Gasteiger partial charge in [0.05, 0.1) is 6.10 Å². The van der Waals surface area contributed by atoms with E-state index in [2.05, 4.69) is 12.3 Å². The van der Waals surface area contributed by atoms with Crippen LogP contribution in [-0.2, 0) is 4.74 Å². The number of hydrogen-bond donors (Lipinski definition) is 1. The first-order valence-corrected chi connectivity index (χ1v) is 5.80. The van der Waals surface area contributed by atoms with Gasteiger partial charge in [-0.1, -0.05) is 6.92 Å². The van der Waals surface area contributed by atoms with Crippen molar-refractivity contribution in [3.05, 3.63) is 21.9 Å². The Morgan fingerprint density at radius 1 is 1.50 bits per heavy atom. The Morgan fingerprint density at radius 2 is 2.21 bits per heavy atom. The third kappa shape index (κ3) is 2.80. The van der Waals surface area contributed by atoms with Gasteiger partial charge in [-0.25, -0.2) is 0 Å². The Kier molecular flexibility index (Phi) is 4.58. The molecule has 0 aromatic carbocycles. The summed E-state index contributed by atoms with van der Waals surface area (Å²) in [5, 5.41) is 14.1. The fourth-order valence-corrected chi connectivity index (χ4v) is 2.32. The Morgan fingerprint density at radius 3 is 2.71 bits per heavy atom. The molecular formula is C11H18O2S. The van der Waals surface area contributed by atoms with E-state index >= 15 is 0 Å². The Balaban J connectivity index is 2.56. The molecule has 0 saturated carbocycles. The summed E-state index contributed by atoms with van der Waals surface area (Å²) in [4.78, 5) is 0. The number of aryl methyl sites for hydroxylation is 1. The van der Waals surface area contributed by atoms with Crippen LogP contribution in [0.1, 0.15) is 30.6 Å². The molecule has 0 amide bonds. The molecule has 1 rings (SSSR count). The molecule has 0 aliphatic carbocycles. The topological polar surface area (TPSA) is 29.5 Å². The predicted molar refractivity (Wildman–Crippen MR) is 59.7 cm³/mol. The maximum Gasteiger partial charge on any atom is 0.0826 e. The predicted octanol–water partition coefficient (Wildman–Crippen LogP) is 2.76. The minimum absolute atomic E-state index is 0.253. The van der Waals surface area contributed by atoms with Crippen molar-refractivity contribution in [3.8, 4) is 0 Å². The van der Waals surface area contributed by atoms with Gasteiger partial charge in [0.1, 0.15) is 0 Å². The average Bonchev–Trinajstić information content (AvgIpc) is 2.59. The van der Waals surface area contributed by atoms with E-state index in [1.165, 1.54) is 5.56 Å². The minimum Gasteiger partial charge on any atom is -0.388 e. The van der Waals surface area contributed by atoms with Crippen LogP contribution in [0.3, 0.4) is 0 Å². The van der Waals surface area contributed by atoms with Crippen LogP contribution in [-0.4, -0.2) is 18.8 Å². The van der Waals surface area contributed by atoms with E-state index in [1.807, 2.05) is 12.3 Å². The minimum atomic E-state index is -0.351. The zero-order valence-corrected chi connectivity index (χ0v) is 9.80. The number of hydrogen-bond acceptors (Lipinski definition) is 3. The average molecular weight is 214 g/mol. The lowest BCUT2D eigenvalue weighted by atomic mass is 9.95. The third-order valence-electron chi connectivity index (χ3n) is 2.53. The number of ether oxygens (including phenoxy) is 1. The van der Waals surface area contributed by atoms with Crippen LogP contribution in [0.5, 0.6) is 0 Å². The summed E-state index contributed by atoms with van der Waals surface area (Å²) >= 11 is 1.64. The van der Waals surface area contributed by atoms with Gasteiger partial charge in [0, 0.05) is 13.7 Å². The van der Waals surface area contributed by atoms with Gasteiger partial charge in [-0.3, -0.25) is 0 Å². The van der Waals surface area contributed by atoms with Gasteiger partial charge in [-0.15, -0.1) is 0 Å². The molecule has 3 heteroatoms. The maximum atomic E-state index is 10.0. The van der Waals surface area contributed by atoms with E-state index in [9.17, 15) is 5.11 Å². The van der Waals surface area contributed by atoms with E-state index in [0.29, 0.717) is 6.61 Å². The van der Waals surface area contributed by atoms with Crippen LogP contribution < -0.4 is 0 Å². The number of methoxy groups -OCH3 is 1. The molecule has 2 atom stereocenters. The van der Waals surface area contributed by atoms with Gasteiger partial charge in [-0.2, -0.15) is 11.3 Å². The van der Waals surface area contributed by atoms with E-state index in [4.69, 9.17) is 4.74 Å². The first kappa shape index (κ1) is 11.7. The number of rotatable bonds is 5. The highest BCUT2D eigenvalue weighted by atomic mass is 32.1.